The number of amides is 2. The zero-order chi connectivity index (χ0) is 54.2. The number of methoxy groups -OCH3 is 2. The lowest BCUT2D eigenvalue weighted by Gasteiger charge is -2.39. The Morgan fingerprint density at radius 1 is 0.829 bits per heavy atom. The van der Waals surface area contributed by atoms with Gasteiger partial charge in [-0.2, -0.15) is 18.4 Å². The number of rotatable bonds is 27. The first-order valence-corrected chi connectivity index (χ1v) is 26.4. The molecule has 0 radical (unpaired) electrons. The van der Waals surface area contributed by atoms with E-state index in [9.17, 15) is 28.0 Å². The summed E-state index contributed by atoms with van der Waals surface area (Å²) in [6.45, 7) is 8.65. The zero-order valence-corrected chi connectivity index (χ0v) is 44.4. The van der Waals surface area contributed by atoms with Crippen LogP contribution in [0.3, 0.4) is 0 Å². The average molecular weight is 1070 g/mol. The molecule has 3 N–H and O–H groups in total. The molecule has 1 aliphatic rings. The molecule has 1 fully saturated rings. The van der Waals surface area contributed by atoms with Crippen molar-refractivity contribution in [2.24, 2.45) is 0 Å². The Kier molecular flexibility index (Phi) is 20.1. The number of anilines is 2. The highest BCUT2D eigenvalue weighted by Crippen LogP contribution is 2.51. The van der Waals surface area contributed by atoms with Crippen LogP contribution in [-0.2, 0) is 28.9 Å². The third kappa shape index (κ3) is 14.0. The monoisotopic (exact) mass is 1070 g/mol. The van der Waals surface area contributed by atoms with Gasteiger partial charge in [-0.15, -0.1) is 0 Å². The molecule has 6 aromatic rings. The van der Waals surface area contributed by atoms with E-state index in [2.05, 4.69) is 54.1 Å². The molecule has 2 aromatic heterocycles. The number of benzene rings is 4. The zero-order valence-electron chi connectivity index (χ0n) is 43.5. The van der Waals surface area contributed by atoms with Crippen molar-refractivity contribution in [3.05, 3.63) is 138 Å². The lowest BCUT2D eigenvalue weighted by atomic mass is 9.80. The van der Waals surface area contributed by atoms with E-state index < -0.39 is 50.6 Å². The summed E-state index contributed by atoms with van der Waals surface area (Å²) in [5.41, 5.74) is 2.28. The van der Waals surface area contributed by atoms with Crippen LogP contribution in [0.2, 0.25) is 0 Å². The maximum Gasteiger partial charge on any atom is 0.471 e. The number of unbranched alkanes of at least 4 members (excludes halogenated alkanes) is 3. The van der Waals surface area contributed by atoms with Crippen molar-refractivity contribution in [2.45, 2.75) is 109 Å². The SMILES string of the molecule is COc1ccc(C(OC[C@H]2O[C@@H](n3c(NCCCCCCNC(=O)C(F)(F)F)nc4c(NC(=O)c5ccccc5)ncnc43)C[C@@H]2OP(OCCC#N)N(C(C)C)C(C)C)(c2ccccc2)c2ccc(OC)cc2)cc1. The number of carbonyl (C=O) groups excluding carboxylic acids is 2. The normalized spacial score (nSPS) is 16.2. The minimum Gasteiger partial charge on any atom is -0.497 e. The molecule has 404 valence electrons. The van der Waals surface area contributed by atoms with Crippen molar-refractivity contribution in [2.75, 3.05) is 51.2 Å². The summed E-state index contributed by atoms with van der Waals surface area (Å²) >= 11 is 0. The van der Waals surface area contributed by atoms with Crippen molar-refractivity contribution in [1.29, 1.82) is 5.26 Å². The van der Waals surface area contributed by atoms with Gasteiger partial charge in [0.1, 0.15) is 35.8 Å². The molecule has 1 aliphatic heterocycles. The Balaban J connectivity index is 1.28. The highest BCUT2D eigenvalue weighted by atomic mass is 31.2. The standard InChI is InChI=1S/C55H65F3N9O8P/c1-37(2)67(38(3)4)76(73-33-17-30-59)75-45-34-47(74-46(45)35-72-54(40-20-13-10-14-21-40,41-22-26-43(70-5)27-23-41)42-24-28-44(71-6)29-25-42)66-50-48(49(62-36-63-50)65-51(68)39-18-11-9-12-19-39)64-53(66)61-32-16-8-7-15-31-60-52(69)55(56,57)58/h9-14,18-29,36-38,45-47H,7-8,15-17,31-35H2,1-6H3,(H,60,69)(H,61,64)(H,62,63,65,68)/t45-,46+,47+,76?/m0/s1. The summed E-state index contributed by atoms with van der Waals surface area (Å²) in [6, 6.07) is 36.2. The van der Waals surface area contributed by atoms with Crippen LogP contribution in [-0.4, -0.2) is 107 Å². The molecule has 2 amide bonds. The molecule has 4 aromatic carbocycles. The highest BCUT2D eigenvalue weighted by Gasteiger charge is 2.46. The Morgan fingerprint density at radius 3 is 2.00 bits per heavy atom. The van der Waals surface area contributed by atoms with Crippen molar-refractivity contribution in [1.82, 2.24) is 29.5 Å². The fourth-order valence-corrected chi connectivity index (χ4v) is 10.8. The number of alkyl halides is 3. The van der Waals surface area contributed by atoms with Gasteiger partial charge in [0.15, 0.2) is 17.0 Å². The number of nitrogens with zero attached hydrogens (tertiary/aromatic N) is 6. The van der Waals surface area contributed by atoms with Crippen LogP contribution in [0.15, 0.2) is 116 Å². The Labute approximate surface area is 442 Å². The molecular weight excluding hydrogens is 1000 g/mol. The van der Waals surface area contributed by atoms with Crippen molar-refractivity contribution < 1.29 is 50.8 Å². The lowest BCUT2D eigenvalue weighted by Crippen LogP contribution is -2.39. The third-order valence-electron chi connectivity index (χ3n) is 12.7. The van der Waals surface area contributed by atoms with Gasteiger partial charge in [0.25, 0.3) is 14.4 Å². The summed E-state index contributed by atoms with van der Waals surface area (Å²) in [5.74, 6) is -0.520. The molecule has 3 heterocycles. The molecule has 17 nitrogen and oxygen atoms in total. The largest absolute Gasteiger partial charge is 0.497 e. The summed E-state index contributed by atoms with van der Waals surface area (Å²) in [7, 11) is 1.44. The molecule has 7 rings (SSSR count). The quantitative estimate of drug-likeness (QED) is 0.0250. The number of carbonyl (C=O) groups is 2. The van der Waals surface area contributed by atoms with Gasteiger partial charge in [-0.05, 0) is 93.6 Å². The first-order valence-electron chi connectivity index (χ1n) is 25.3. The Morgan fingerprint density at radius 2 is 1.42 bits per heavy atom. The van der Waals surface area contributed by atoms with Crippen LogP contribution in [0.1, 0.15) is 99.5 Å². The van der Waals surface area contributed by atoms with Gasteiger partial charge >= 0.3 is 12.1 Å². The van der Waals surface area contributed by atoms with Crippen molar-refractivity contribution >= 4 is 43.3 Å². The van der Waals surface area contributed by atoms with Crippen LogP contribution in [0.25, 0.3) is 11.2 Å². The molecule has 0 aliphatic carbocycles. The molecule has 76 heavy (non-hydrogen) atoms. The van der Waals surface area contributed by atoms with E-state index in [1.54, 1.807) is 38.5 Å². The van der Waals surface area contributed by atoms with Gasteiger partial charge in [-0.1, -0.05) is 85.6 Å². The second kappa shape index (κ2) is 26.9. The fraction of sp³-hybridized carbons (Fsp3) is 0.418. The van der Waals surface area contributed by atoms with Crippen LogP contribution < -0.4 is 25.4 Å². The number of aromatic nitrogens is 4. The molecule has 0 saturated carbocycles. The minimum atomic E-state index is -4.94. The summed E-state index contributed by atoms with van der Waals surface area (Å²) in [5, 5.41) is 17.8. The Bertz CT molecular complexity index is 2780. The minimum absolute atomic E-state index is 0.00912. The molecule has 1 unspecified atom stereocenters. The third-order valence-corrected chi connectivity index (χ3v) is 14.8. The predicted octanol–water partition coefficient (Wildman–Crippen LogP) is 10.7. The van der Waals surface area contributed by atoms with E-state index in [-0.39, 0.29) is 56.0 Å². The molecule has 0 bridgehead atoms. The van der Waals surface area contributed by atoms with Crippen molar-refractivity contribution in [3.63, 3.8) is 0 Å². The van der Waals surface area contributed by atoms with E-state index >= 15 is 0 Å². The number of ether oxygens (including phenoxy) is 4. The highest BCUT2D eigenvalue weighted by molar-refractivity contribution is 7.44. The van der Waals surface area contributed by atoms with E-state index in [1.807, 2.05) is 94.8 Å². The Hall–Kier alpha value is -6.72. The van der Waals surface area contributed by atoms with Crippen LogP contribution in [0, 0.1) is 11.3 Å². The van der Waals surface area contributed by atoms with E-state index in [1.165, 1.54) is 6.33 Å². The molecule has 1 saturated heterocycles. The van der Waals surface area contributed by atoms with Gasteiger partial charge < -0.3 is 43.9 Å². The molecule has 21 heteroatoms. The molecule has 0 spiro atoms. The van der Waals surface area contributed by atoms with Gasteiger partial charge in [0.05, 0.1) is 46.0 Å². The van der Waals surface area contributed by atoms with Crippen LogP contribution in [0.4, 0.5) is 24.9 Å². The van der Waals surface area contributed by atoms with Crippen LogP contribution >= 0.6 is 8.53 Å². The number of hydrogen-bond donors (Lipinski definition) is 3. The first-order chi connectivity index (χ1) is 36.7. The van der Waals surface area contributed by atoms with Gasteiger partial charge in [-0.3, -0.25) is 14.2 Å². The maximum atomic E-state index is 13.6. The number of halogens is 3. The summed E-state index contributed by atoms with van der Waals surface area (Å²) in [4.78, 5) is 39.0. The van der Waals surface area contributed by atoms with Gasteiger partial charge in [0, 0.05) is 37.2 Å². The van der Waals surface area contributed by atoms with Crippen LogP contribution in [0.5, 0.6) is 11.5 Å². The number of nitrogens with one attached hydrogen (secondary N) is 3. The van der Waals surface area contributed by atoms with Gasteiger partial charge in [-0.25, -0.2) is 19.6 Å². The molecule has 4 atom stereocenters. The van der Waals surface area contributed by atoms with E-state index in [0.29, 0.717) is 60.9 Å². The van der Waals surface area contributed by atoms with E-state index in [0.717, 1.165) is 16.7 Å². The van der Waals surface area contributed by atoms with Crippen molar-refractivity contribution in [3.8, 4) is 17.6 Å². The smallest absolute Gasteiger partial charge is 0.471 e. The second-order valence-corrected chi connectivity index (χ2v) is 19.9. The summed E-state index contributed by atoms with van der Waals surface area (Å²) < 4.78 is 81.7. The maximum absolute atomic E-state index is 13.6. The lowest BCUT2D eigenvalue weighted by molar-refractivity contribution is -0.173. The van der Waals surface area contributed by atoms with E-state index in [4.69, 9.17) is 38.0 Å². The number of imidazole rings is 1. The summed E-state index contributed by atoms with van der Waals surface area (Å²) in [6.07, 6.45) is -3.35. The second-order valence-electron chi connectivity index (χ2n) is 18.5. The first kappa shape index (κ1) is 57.0. The van der Waals surface area contributed by atoms with Gasteiger partial charge in [0.2, 0.25) is 5.95 Å². The average Bonchev–Trinajstić information content (AvgIpc) is 4.00. The fourth-order valence-electron chi connectivity index (χ4n) is 9.08. The number of hydrogen-bond acceptors (Lipinski definition) is 14. The number of fused-ring (bicyclic) bond motifs is 1. The topological polar surface area (TPSA) is 196 Å². The number of nitriles is 1. The molecular formula is C55H65F3N9O8P. The predicted molar refractivity (Wildman–Crippen MR) is 283 cm³/mol.